The number of alkyl halides is 1. The molecule has 1 fully saturated rings. The Kier molecular flexibility index (Phi) is 6.10. The lowest BCUT2D eigenvalue weighted by Gasteiger charge is -2.18. The molecule has 11 nitrogen and oxygen atoms in total. The highest BCUT2D eigenvalue weighted by Gasteiger charge is 2.41. The van der Waals surface area contributed by atoms with E-state index in [9.17, 15) is 4.79 Å². The molecule has 0 saturated heterocycles. The van der Waals surface area contributed by atoms with Crippen molar-refractivity contribution in [2.75, 3.05) is 5.32 Å². The van der Waals surface area contributed by atoms with Gasteiger partial charge in [0.15, 0.2) is 5.82 Å². The summed E-state index contributed by atoms with van der Waals surface area (Å²) in [6, 6.07) is 1.70. The van der Waals surface area contributed by atoms with E-state index in [1.807, 2.05) is 56.2 Å². The van der Waals surface area contributed by atoms with Gasteiger partial charge in [-0.3, -0.25) is 14.2 Å². The summed E-state index contributed by atoms with van der Waals surface area (Å²) in [7, 11) is 1.90. The van der Waals surface area contributed by atoms with E-state index in [0.29, 0.717) is 30.3 Å². The molecule has 0 aliphatic heterocycles. The number of imidazole rings is 1. The number of alkyl carbamates (subject to hydrolysis) is 1. The number of carbonyl (C=O) groups excluding carboxylic acids is 1. The summed E-state index contributed by atoms with van der Waals surface area (Å²) >= 11 is 0. The highest BCUT2D eigenvalue weighted by atomic mass is 19.1. The summed E-state index contributed by atoms with van der Waals surface area (Å²) in [6.07, 6.45) is 3.65. The third kappa shape index (κ3) is 4.27. The predicted octanol–water partition coefficient (Wildman–Crippen LogP) is 3.93. The van der Waals surface area contributed by atoms with Crippen LogP contribution in [-0.2, 0) is 11.8 Å². The monoisotopic (exact) mass is 495 g/mol. The van der Waals surface area contributed by atoms with Crippen molar-refractivity contribution in [1.29, 1.82) is 0 Å². The van der Waals surface area contributed by atoms with Gasteiger partial charge >= 0.3 is 6.09 Å². The van der Waals surface area contributed by atoms with Crippen molar-refractivity contribution in [1.82, 2.24) is 39.7 Å². The number of nitrogens with zero attached hydrogens (tertiary/aromatic N) is 6. The third-order valence-corrected chi connectivity index (χ3v) is 6.64. The maximum Gasteiger partial charge on any atom is 0.407 e. The first-order chi connectivity index (χ1) is 17.2. The second kappa shape index (κ2) is 9.25. The van der Waals surface area contributed by atoms with Crippen LogP contribution in [0.3, 0.4) is 0 Å². The van der Waals surface area contributed by atoms with Crippen LogP contribution in [0.4, 0.5) is 21.0 Å². The second-order valence-corrected chi connectivity index (χ2v) is 9.49. The molecule has 0 aromatic carbocycles. The molecule has 3 atom stereocenters. The zero-order chi connectivity index (χ0) is 25.6. The fourth-order valence-electron chi connectivity index (χ4n) is 4.72. The van der Waals surface area contributed by atoms with E-state index in [4.69, 9.17) is 9.72 Å². The Morgan fingerprint density at radius 2 is 2.11 bits per heavy atom. The number of H-pyrrole nitrogens is 1. The maximum atomic E-state index is 15.1. The number of halogens is 1. The predicted molar refractivity (Wildman–Crippen MR) is 132 cm³/mol. The van der Waals surface area contributed by atoms with Crippen LogP contribution in [0.2, 0.25) is 0 Å². The molecule has 190 valence electrons. The number of ether oxygens (including phenoxy) is 1. The standard InChI is InChI=1S/C24H30FN9O2/c1-12(2)28-24(35)36-18-7-6-15(21(18)25)17-10-19(32-31-17)30-23-29-13(3)20(22-26-8-9-34(22)23)16-11-27-33(5)14(16)4/h8-12,15,18,21H,6-7H2,1-5H3,(H,28,35)(H2,29,30,31,32)/t15-,18-,21-/m1/s1. The minimum atomic E-state index is -1.32. The normalized spacial score (nSPS) is 19.8. The minimum Gasteiger partial charge on any atom is -0.443 e. The number of aromatic amines is 1. The lowest BCUT2D eigenvalue weighted by molar-refractivity contribution is 0.0555. The number of amides is 1. The number of nitrogens with one attached hydrogen (secondary N) is 3. The molecule has 4 aromatic rings. The Bertz CT molecular complexity index is 1410. The van der Waals surface area contributed by atoms with Crippen LogP contribution >= 0.6 is 0 Å². The summed E-state index contributed by atoms with van der Waals surface area (Å²) in [5.74, 6) is 0.605. The van der Waals surface area contributed by atoms with Gasteiger partial charge in [0.25, 0.3) is 0 Å². The van der Waals surface area contributed by atoms with E-state index in [-0.39, 0.29) is 6.04 Å². The Morgan fingerprint density at radius 3 is 2.83 bits per heavy atom. The van der Waals surface area contributed by atoms with Crippen molar-refractivity contribution >= 4 is 23.5 Å². The van der Waals surface area contributed by atoms with Gasteiger partial charge in [-0.05, 0) is 40.5 Å². The molecule has 5 rings (SSSR count). The highest BCUT2D eigenvalue weighted by Crippen LogP contribution is 2.39. The Labute approximate surface area is 207 Å². The second-order valence-electron chi connectivity index (χ2n) is 9.49. The molecule has 0 unspecified atom stereocenters. The van der Waals surface area contributed by atoms with E-state index in [1.54, 1.807) is 12.3 Å². The molecule has 4 heterocycles. The number of anilines is 2. The van der Waals surface area contributed by atoms with Crippen LogP contribution in [0.1, 0.15) is 49.7 Å². The van der Waals surface area contributed by atoms with Crippen LogP contribution in [0.15, 0.2) is 24.7 Å². The quantitative estimate of drug-likeness (QED) is 0.370. The van der Waals surface area contributed by atoms with Gasteiger partial charge in [-0.25, -0.2) is 19.2 Å². The summed E-state index contributed by atoms with van der Waals surface area (Å²) in [6.45, 7) is 7.59. The molecule has 3 N–H and O–H groups in total. The van der Waals surface area contributed by atoms with E-state index in [2.05, 4.69) is 30.9 Å². The fraction of sp³-hybridized carbons (Fsp3) is 0.458. The van der Waals surface area contributed by atoms with Crippen molar-refractivity contribution in [3.8, 4) is 11.1 Å². The van der Waals surface area contributed by atoms with Crippen molar-refractivity contribution in [2.24, 2.45) is 7.05 Å². The molecule has 1 aliphatic rings. The number of fused-ring (bicyclic) bond motifs is 1. The lowest BCUT2D eigenvalue weighted by atomic mass is 10.0. The summed E-state index contributed by atoms with van der Waals surface area (Å²) in [4.78, 5) is 21.2. The van der Waals surface area contributed by atoms with Gasteiger partial charge in [0.2, 0.25) is 5.95 Å². The zero-order valence-electron chi connectivity index (χ0n) is 20.9. The van der Waals surface area contributed by atoms with E-state index in [1.165, 1.54) is 0 Å². The van der Waals surface area contributed by atoms with Crippen molar-refractivity contribution in [3.63, 3.8) is 0 Å². The molecule has 1 saturated carbocycles. The van der Waals surface area contributed by atoms with Gasteiger partial charge in [-0.2, -0.15) is 10.2 Å². The Balaban J connectivity index is 1.35. The number of hydrogen-bond donors (Lipinski definition) is 3. The van der Waals surface area contributed by atoms with Crippen LogP contribution < -0.4 is 10.6 Å². The molecule has 4 aromatic heterocycles. The fourth-order valence-corrected chi connectivity index (χ4v) is 4.72. The van der Waals surface area contributed by atoms with Crippen LogP contribution in [0, 0.1) is 13.8 Å². The smallest absolute Gasteiger partial charge is 0.407 e. The van der Waals surface area contributed by atoms with Crippen LogP contribution in [-0.4, -0.2) is 58.8 Å². The van der Waals surface area contributed by atoms with Gasteiger partial charge in [-0.1, -0.05) is 0 Å². The van der Waals surface area contributed by atoms with Crippen molar-refractivity contribution in [2.45, 2.75) is 64.8 Å². The summed E-state index contributed by atoms with van der Waals surface area (Å²) in [5.41, 5.74) is 5.09. The van der Waals surface area contributed by atoms with Gasteiger partial charge in [0, 0.05) is 60.0 Å². The number of hydrogen-bond acceptors (Lipinski definition) is 7. The Hall–Kier alpha value is -3.96. The molecular weight excluding hydrogens is 465 g/mol. The average Bonchev–Trinajstić information content (AvgIpc) is 3.60. The summed E-state index contributed by atoms with van der Waals surface area (Å²) < 4.78 is 24.1. The highest BCUT2D eigenvalue weighted by molar-refractivity contribution is 5.82. The molecule has 0 radical (unpaired) electrons. The average molecular weight is 496 g/mol. The number of rotatable bonds is 6. The summed E-state index contributed by atoms with van der Waals surface area (Å²) in [5, 5.41) is 17.5. The van der Waals surface area contributed by atoms with Gasteiger partial charge in [0.05, 0.1) is 11.9 Å². The molecule has 12 heteroatoms. The number of aryl methyl sites for hydroxylation is 2. The molecule has 1 amide bonds. The van der Waals surface area contributed by atoms with E-state index < -0.39 is 24.3 Å². The van der Waals surface area contributed by atoms with Gasteiger partial charge in [0.1, 0.15) is 17.9 Å². The number of aromatic nitrogens is 7. The first-order valence-corrected chi connectivity index (χ1v) is 12.0. The Morgan fingerprint density at radius 1 is 1.31 bits per heavy atom. The number of carbonyl (C=O) groups is 1. The van der Waals surface area contributed by atoms with Gasteiger partial charge < -0.3 is 15.4 Å². The van der Waals surface area contributed by atoms with Crippen LogP contribution in [0.25, 0.3) is 16.8 Å². The van der Waals surface area contributed by atoms with Crippen molar-refractivity contribution in [3.05, 3.63) is 41.7 Å². The first kappa shape index (κ1) is 23.8. The zero-order valence-corrected chi connectivity index (χ0v) is 20.9. The molecule has 0 spiro atoms. The first-order valence-electron chi connectivity index (χ1n) is 12.0. The molecule has 0 bridgehead atoms. The van der Waals surface area contributed by atoms with Crippen molar-refractivity contribution < 1.29 is 13.9 Å². The van der Waals surface area contributed by atoms with E-state index >= 15 is 4.39 Å². The topological polar surface area (TPSA) is 127 Å². The molecule has 36 heavy (non-hydrogen) atoms. The van der Waals surface area contributed by atoms with E-state index in [0.717, 1.165) is 28.2 Å². The largest absolute Gasteiger partial charge is 0.443 e. The maximum absolute atomic E-state index is 15.1. The van der Waals surface area contributed by atoms with Gasteiger partial charge in [-0.15, -0.1) is 0 Å². The SMILES string of the molecule is Cc1nc(Nc2cc([C@H]3CC[C@@H](OC(=O)NC(C)C)[C@@H]3F)[nH]n2)n2ccnc2c1-c1cnn(C)c1C. The van der Waals surface area contributed by atoms with Crippen LogP contribution in [0.5, 0.6) is 0 Å². The molecule has 1 aliphatic carbocycles. The lowest BCUT2D eigenvalue weighted by Crippen LogP contribution is -2.36. The third-order valence-electron chi connectivity index (χ3n) is 6.64. The molecular formula is C24H30FN9O2. The minimum absolute atomic E-state index is 0.0735.